The summed E-state index contributed by atoms with van der Waals surface area (Å²) in [5.41, 5.74) is 0.580. The Balaban J connectivity index is 1.52. The van der Waals surface area contributed by atoms with E-state index >= 15 is 0 Å². The number of benzene rings is 3. The van der Waals surface area contributed by atoms with E-state index in [0.29, 0.717) is 22.1 Å². The number of H-pyrrole nitrogens is 1. The Morgan fingerprint density at radius 2 is 1.67 bits per heavy atom. The van der Waals surface area contributed by atoms with Gasteiger partial charge in [-0.25, -0.2) is 28.9 Å². The first-order chi connectivity index (χ1) is 18.9. The summed E-state index contributed by atoms with van der Waals surface area (Å²) >= 11 is 6.02. The molecule has 0 amide bonds. The first kappa shape index (κ1) is 25.4. The standard InChI is InChI=1S/C28H20ClN5O5/c29-20-9-6-18(7-10-20)17-33-26(32-27(37)34(28(33)38)22-4-2-1-3-5-22)31-21-11-13-23(14-12-21)39-24-15-8-19(16-30-24)25(35)36/h1-16H,17H2,(H,35,36)(H,31,32,37). The topological polar surface area (TPSA) is 132 Å². The van der Waals surface area contributed by atoms with Crippen molar-refractivity contribution in [3.63, 3.8) is 0 Å². The van der Waals surface area contributed by atoms with Crippen LogP contribution in [0.25, 0.3) is 5.69 Å². The highest BCUT2D eigenvalue weighted by molar-refractivity contribution is 6.30. The summed E-state index contributed by atoms with van der Waals surface area (Å²) in [6.45, 7) is 0.137. The number of rotatable bonds is 7. The smallest absolute Gasteiger partial charge is 0.339 e. The number of carboxylic acids is 1. The van der Waals surface area contributed by atoms with Crippen LogP contribution in [0.2, 0.25) is 5.02 Å². The second kappa shape index (κ2) is 11.0. The predicted octanol–water partition coefficient (Wildman–Crippen LogP) is 4.15. The third kappa shape index (κ3) is 5.86. The number of carbonyl (C=O) groups is 1. The summed E-state index contributed by atoms with van der Waals surface area (Å²) in [5.74, 6) is -0.423. The highest BCUT2D eigenvalue weighted by Gasteiger charge is 2.12. The first-order valence-corrected chi connectivity index (χ1v) is 12.0. The van der Waals surface area contributed by atoms with E-state index in [0.717, 1.165) is 10.1 Å². The lowest BCUT2D eigenvalue weighted by Crippen LogP contribution is -2.49. The minimum Gasteiger partial charge on any atom is -0.478 e. The van der Waals surface area contributed by atoms with Crippen LogP contribution in [-0.4, -0.2) is 30.2 Å². The Morgan fingerprint density at radius 3 is 2.31 bits per heavy atom. The number of hydrogen-bond acceptors (Lipinski definition) is 6. The van der Waals surface area contributed by atoms with Crippen LogP contribution in [0.1, 0.15) is 15.9 Å². The molecule has 0 saturated heterocycles. The Bertz CT molecular complexity index is 1810. The summed E-state index contributed by atoms with van der Waals surface area (Å²) < 4.78 is 8.08. The van der Waals surface area contributed by atoms with Crippen LogP contribution in [0, 0.1) is 0 Å². The minimum absolute atomic E-state index is 0.0478. The van der Waals surface area contributed by atoms with Crippen molar-refractivity contribution >= 4 is 23.3 Å². The van der Waals surface area contributed by atoms with E-state index in [4.69, 9.17) is 21.4 Å². The molecule has 5 rings (SSSR count). The van der Waals surface area contributed by atoms with E-state index in [1.54, 1.807) is 78.9 Å². The molecule has 0 atom stereocenters. The van der Waals surface area contributed by atoms with E-state index in [9.17, 15) is 14.4 Å². The molecule has 0 fully saturated rings. The molecule has 0 aliphatic rings. The van der Waals surface area contributed by atoms with Gasteiger partial charge in [-0.05, 0) is 60.2 Å². The van der Waals surface area contributed by atoms with Crippen LogP contribution in [-0.2, 0) is 6.54 Å². The van der Waals surface area contributed by atoms with E-state index < -0.39 is 17.3 Å². The molecule has 2 aromatic heterocycles. The van der Waals surface area contributed by atoms with Crippen LogP contribution in [0.4, 0.5) is 5.69 Å². The van der Waals surface area contributed by atoms with Gasteiger partial charge in [0.05, 0.1) is 23.5 Å². The van der Waals surface area contributed by atoms with Crippen LogP contribution in [0.3, 0.4) is 0 Å². The summed E-state index contributed by atoms with van der Waals surface area (Å²) in [4.78, 5) is 48.7. The maximum atomic E-state index is 13.6. The van der Waals surface area contributed by atoms with Crippen LogP contribution in [0.15, 0.2) is 112 Å². The van der Waals surface area contributed by atoms with Gasteiger partial charge in [-0.3, -0.25) is 9.55 Å². The molecule has 194 valence electrons. The van der Waals surface area contributed by atoms with Crippen molar-refractivity contribution in [1.29, 1.82) is 0 Å². The highest BCUT2D eigenvalue weighted by atomic mass is 35.5. The average molecular weight is 542 g/mol. The van der Waals surface area contributed by atoms with Gasteiger partial charge in [-0.15, -0.1) is 0 Å². The molecule has 0 bridgehead atoms. The first-order valence-electron chi connectivity index (χ1n) is 11.7. The lowest BCUT2D eigenvalue weighted by atomic mass is 10.2. The predicted molar refractivity (Wildman–Crippen MR) is 144 cm³/mol. The Labute approximate surface area is 225 Å². The molecule has 11 heteroatoms. The zero-order chi connectivity index (χ0) is 27.4. The molecular formula is C28H20ClN5O5. The molecule has 0 aliphatic carbocycles. The number of nitrogens with zero attached hydrogens (tertiary/aromatic N) is 4. The summed E-state index contributed by atoms with van der Waals surface area (Å²) in [6, 6.07) is 25.0. The third-order valence-electron chi connectivity index (χ3n) is 5.65. The monoisotopic (exact) mass is 541 g/mol. The van der Waals surface area contributed by atoms with Gasteiger partial charge in [0, 0.05) is 17.3 Å². The molecule has 39 heavy (non-hydrogen) atoms. The molecule has 3 aromatic carbocycles. The van der Waals surface area contributed by atoms with Crippen molar-refractivity contribution < 1.29 is 14.6 Å². The third-order valence-corrected chi connectivity index (χ3v) is 5.90. The molecule has 0 radical (unpaired) electrons. The SMILES string of the molecule is O=C(O)c1ccc(Oc2ccc(/N=c3\[nH]c(=O)n(-c4ccccc4)c(=O)n3Cc3ccc(Cl)cc3)cc2)nc1. The molecule has 0 unspecified atom stereocenters. The second-order valence-corrected chi connectivity index (χ2v) is 8.75. The average Bonchev–Trinajstić information content (AvgIpc) is 2.94. The quantitative estimate of drug-likeness (QED) is 0.318. The maximum absolute atomic E-state index is 13.6. The van der Waals surface area contributed by atoms with Gasteiger partial charge in [0.25, 0.3) is 0 Å². The Hall–Kier alpha value is -5.22. The van der Waals surface area contributed by atoms with Crippen molar-refractivity contribution in [2.75, 3.05) is 0 Å². The maximum Gasteiger partial charge on any atom is 0.339 e. The fraction of sp³-hybridized carbons (Fsp3) is 0.0357. The van der Waals surface area contributed by atoms with E-state index in [1.807, 2.05) is 0 Å². The fourth-order valence-corrected chi connectivity index (χ4v) is 3.85. The van der Waals surface area contributed by atoms with Crippen molar-refractivity contribution in [1.82, 2.24) is 19.1 Å². The number of aromatic carboxylic acids is 1. The van der Waals surface area contributed by atoms with Crippen molar-refractivity contribution in [3.8, 4) is 17.3 Å². The zero-order valence-corrected chi connectivity index (χ0v) is 20.9. The van der Waals surface area contributed by atoms with Crippen LogP contribution >= 0.6 is 11.6 Å². The Morgan fingerprint density at radius 1 is 0.949 bits per heavy atom. The lowest BCUT2D eigenvalue weighted by molar-refractivity contribution is 0.0696. The summed E-state index contributed by atoms with van der Waals surface area (Å²) in [6.07, 6.45) is 1.20. The molecule has 2 N–H and O–H groups in total. The Kier molecular flexibility index (Phi) is 7.19. The molecule has 10 nitrogen and oxygen atoms in total. The van der Waals surface area contributed by atoms with E-state index in [1.165, 1.54) is 22.9 Å². The largest absolute Gasteiger partial charge is 0.478 e. The van der Waals surface area contributed by atoms with Gasteiger partial charge >= 0.3 is 17.3 Å². The van der Waals surface area contributed by atoms with Crippen LogP contribution < -0.4 is 21.7 Å². The number of nitrogens with one attached hydrogen (secondary N) is 1. The molecule has 2 heterocycles. The van der Waals surface area contributed by atoms with Gasteiger partial charge in [0.1, 0.15) is 5.75 Å². The van der Waals surface area contributed by atoms with Gasteiger partial charge < -0.3 is 9.84 Å². The van der Waals surface area contributed by atoms with Crippen LogP contribution in [0.5, 0.6) is 11.6 Å². The summed E-state index contributed by atoms with van der Waals surface area (Å²) in [5, 5.41) is 9.56. The summed E-state index contributed by atoms with van der Waals surface area (Å²) in [7, 11) is 0. The number of hydrogen-bond donors (Lipinski definition) is 2. The number of aromatic amines is 1. The molecule has 0 aliphatic heterocycles. The fourth-order valence-electron chi connectivity index (χ4n) is 3.72. The van der Waals surface area contributed by atoms with Gasteiger partial charge in [0.15, 0.2) is 0 Å². The van der Waals surface area contributed by atoms with Gasteiger partial charge in [-0.1, -0.05) is 41.9 Å². The normalized spacial score (nSPS) is 11.4. The number of aromatic nitrogens is 4. The van der Waals surface area contributed by atoms with Crippen molar-refractivity contribution in [2.45, 2.75) is 6.54 Å². The number of ether oxygens (including phenoxy) is 1. The van der Waals surface area contributed by atoms with Gasteiger partial charge in [-0.2, -0.15) is 0 Å². The number of para-hydroxylation sites is 1. The molecule has 0 saturated carbocycles. The zero-order valence-electron chi connectivity index (χ0n) is 20.2. The number of halogens is 1. The van der Waals surface area contributed by atoms with Gasteiger partial charge in [0.2, 0.25) is 11.5 Å². The molecule has 0 spiro atoms. The van der Waals surface area contributed by atoms with Crippen molar-refractivity contribution in [3.05, 3.63) is 140 Å². The second-order valence-electron chi connectivity index (χ2n) is 8.32. The van der Waals surface area contributed by atoms with Crippen molar-refractivity contribution in [2.24, 2.45) is 4.99 Å². The number of pyridine rings is 1. The molecular weight excluding hydrogens is 522 g/mol. The van der Waals surface area contributed by atoms with E-state index in [-0.39, 0.29) is 23.6 Å². The number of carboxylic acid groups (broad SMARTS) is 1. The minimum atomic E-state index is -1.08. The highest BCUT2D eigenvalue weighted by Crippen LogP contribution is 2.22. The molecule has 5 aromatic rings. The lowest BCUT2D eigenvalue weighted by Gasteiger charge is -2.11. The van der Waals surface area contributed by atoms with E-state index in [2.05, 4.69) is 15.0 Å².